The van der Waals surface area contributed by atoms with E-state index < -0.39 is 11.7 Å². The van der Waals surface area contributed by atoms with Crippen LogP contribution in [0.15, 0.2) is 34.9 Å². The lowest BCUT2D eigenvalue weighted by Gasteiger charge is -2.07. The third kappa shape index (κ3) is 3.30. The number of nitrogens with one attached hydrogen (secondary N) is 1. The number of carbonyl (C=O) groups is 1. The molecule has 0 aliphatic rings. The Labute approximate surface area is 122 Å². The monoisotopic (exact) mass is 342 g/mol. The van der Waals surface area contributed by atoms with Gasteiger partial charge in [0.15, 0.2) is 0 Å². The van der Waals surface area contributed by atoms with Crippen molar-refractivity contribution in [1.82, 2.24) is 4.98 Å². The van der Waals surface area contributed by atoms with Gasteiger partial charge in [0.25, 0.3) is 5.91 Å². The van der Waals surface area contributed by atoms with Crippen LogP contribution >= 0.6 is 27.5 Å². The van der Waals surface area contributed by atoms with Crippen molar-refractivity contribution in [2.45, 2.75) is 6.92 Å². The second-order valence-corrected chi connectivity index (χ2v) is 5.15. The Balaban J connectivity index is 2.23. The molecule has 0 radical (unpaired) electrons. The first kappa shape index (κ1) is 14.0. The Morgan fingerprint density at radius 3 is 2.79 bits per heavy atom. The summed E-state index contributed by atoms with van der Waals surface area (Å²) >= 11 is 8.94. The van der Waals surface area contributed by atoms with E-state index in [-0.39, 0.29) is 5.56 Å². The zero-order valence-corrected chi connectivity index (χ0v) is 12.2. The van der Waals surface area contributed by atoms with Crippen molar-refractivity contribution in [1.29, 1.82) is 0 Å². The summed E-state index contributed by atoms with van der Waals surface area (Å²) in [7, 11) is 0. The van der Waals surface area contributed by atoms with Crippen molar-refractivity contribution in [3.8, 4) is 0 Å². The second kappa shape index (κ2) is 5.67. The van der Waals surface area contributed by atoms with Crippen LogP contribution in [0.4, 0.5) is 10.1 Å². The summed E-state index contributed by atoms with van der Waals surface area (Å²) in [4.78, 5) is 15.8. The van der Waals surface area contributed by atoms with Crippen molar-refractivity contribution in [2.24, 2.45) is 0 Å². The van der Waals surface area contributed by atoms with Gasteiger partial charge in [-0.2, -0.15) is 0 Å². The molecule has 1 aromatic heterocycles. The molecule has 0 bridgehead atoms. The summed E-state index contributed by atoms with van der Waals surface area (Å²) in [5, 5.41) is 2.85. The van der Waals surface area contributed by atoms with Gasteiger partial charge in [-0.25, -0.2) is 9.37 Å². The van der Waals surface area contributed by atoms with Crippen molar-refractivity contribution in [2.75, 3.05) is 5.32 Å². The molecule has 0 atom stereocenters. The third-order valence-electron chi connectivity index (χ3n) is 2.42. The lowest BCUT2D eigenvalue weighted by molar-refractivity contribution is 0.102. The topological polar surface area (TPSA) is 42.0 Å². The molecule has 0 saturated carbocycles. The largest absolute Gasteiger partial charge is 0.320 e. The Morgan fingerprint density at radius 1 is 1.42 bits per heavy atom. The van der Waals surface area contributed by atoms with E-state index in [9.17, 15) is 9.18 Å². The zero-order chi connectivity index (χ0) is 14.0. The molecule has 2 rings (SSSR count). The van der Waals surface area contributed by atoms with Gasteiger partial charge >= 0.3 is 0 Å². The standard InChI is InChI=1S/C13H9BrClFN2O/c1-7-2-3-9(11(16)4-7)13(19)18-8-5-10(14)12(15)17-6-8/h2-6H,1H3,(H,18,19). The average Bonchev–Trinajstić information content (AvgIpc) is 2.33. The van der Waals surface area contributed by atoms with Crippen LogP contribution in [0.5, 0.6) is 0 Å². The zero-order valence-electron chi connectivity index (χ0n) is 9.88. The second-order valence-electron chi connectivity index (χ2n) is 3.93. The third-order valence-corrected chi connectivity index (χ3v) is 3.56. The highest BCUT2D eigenvalue weighted by atomic mass is 79.9. The molecule has 1 heterocycles. The van der Waals surface area contributed by atoms with Gasteiger partial charge < -0.3 is 5.32 Å². The van der Waals surface area contributed by atoms with Gasteiger partial charge in [0.2, 0.25) is 0 Å². The first-order valence-corrected chi connectivity index (χ1v) is 6.53. The van der Waals surface area contributed by atoms with E-state index in [0.717, 1.165) is 5.56 Å². The molecular weight excluding hydrogens is 335 g/mol. The van der Waals surface area contributed by atoms with Gasteiger partial charge in [-0.15, -0.1) is 0 Å². The van der Waals surface area contributed by atoms with Gasteiger partial charge in [0.1, 0.15) is 11.0 Å². The van der Waals surface area contributed by atoms with Crippen LogP contribution in [0.2, 0.25) is 5.15 Å². The first-order chi connectivity index (χ1) is 8.97. The van der Waals surface area contributed by atoms with Gasteiger partial charge in [-0.05, 0) is 46.6 Å². The molecule has 1 aromatic carbocycles. The Bertz CT molecular complexity index is 649. The van der Waals surface area contributed by atoms with E-state index in [2.05, 4.69) is 26.2 Å². The Kier molecular flexibility index (Phi) is 4.17. The minimum absolute atomic E-state index is 0.0170. The van der Waals surface area contributed by atoms with Crippen LogP contribution in [-0.4, -0.2) is 10.9 Å². The Morgan fingerprint density at radius 2 is 2.16 bits per heavy atom. The number of aryl methyl sites for hydroxylation is 1. The summed E-state index contributed by atoms with van der Waals surface area (Å²) in [5.74, 6) is -1.09. The van der Waals surface area contributed by atoms with Crippen LogP contribution in [0, 0.1) is 12.7 Å². The maximum atomic E-state index is 13.6. The maximum absolute atomic E-state index is 13.6. The molecular formula is C13H9BrClFN2O. The number of rotatable bonds is 2. The normalized spacial score (nSPS) is 10.3. The van der Waals surface area contributed by atoms with E-state index >= 15 is 0 Å². The highest BCUT2D eigenvalue weighted by Crippen LogP contribution is 2.23. The van der Waals surface area contributed by atoms with Crippen molar-refractivity contribution in [3.63, 3.8) is 0 Å². The summed E-state index contributed by atoms with van der Waals surface area (Å²) in [6.45, 7) is 1.75. The molecule has 2 aromatic rings. The van der Waals surface area contributed by atoms with Crippen molar-refractivity contribution >= 4 is 39.1 Å². The fraction of sp³-hybridized carbons (Fsp3) is 0.0769. The lowest BCUT2D eigenvalue weighted by Crippen LogP contribution is -2.14. The van der Waals surface area contributed by atoms with Gasteiger partial charge in [0, 0.05) is 0 Å². The molecule has 6 heteroatoms. The molecule has 1 amide bonds. The molecule has 0 spiro atoms. The number of halogens is 3. The quantitative estimate of drug-likeness (QED) is 0.831. The predicted octanol–water partition coefficient (Wildman–Crippen LogP) is 4.20. The molecule has 19 heavy (non-hydrogen) atoms. The van der Waals surface area contributed by atoms with Gasteiger partial charge in [-0.1, -0.05) is 17.7 Å². The van der Waals surface area contributed by atoms with E-state index in [1.165, 1.54) is 18.3 Å². The van der Waals surface area contributed by atoms with Crippen molar-refractivity contribution < 1.29 is 9.18 Å². The fourth-order valence-corrected chi connectivity index (χ4v) is 1.94. The van der Waals surface area contributed by atoms with Crippen LogP contribution in [0.1, 0.15) is 15.9 Å². The number of nitrogens with zero attached hydrogens (tertiary/aromatic N) is 1. The highest BCUT2D eigenvalue weighted by Gasteiger charge is 2.12. The van der Waals surface area contributed by atoms with E-state index in [4.69, 9.17) is 11.6 Å². The minimum atomic E-state index is -0.557. The number of hydrogen-bond donors (Lipinski definition) is 1. The molecule has 0 fully saturated rings. The molecule has 0 aliphatic carbocycles. The molecule has 0 unspecified atom stereocenters. The summed E-state index contributed by atoms with van der Waals surface area (Å²) in [6, 6.07) is 6.02. The number of amides is 1. The first-order valence-electron chi connectivity index (χ1n) is 5.36. The van der Waals surface area contributed by atoms with Crippen LogP contribution in [0.3, 0.4) is 0 Å². The number of aromatic nitrogens is 1. The van der Waals surface area contributed by atoms with E-state index in [1.807, 2.05) is 0 Å². The number of carbonyl (C=O) groups excluding carboxylic acids is 1. The number of anilines is 1. The van der Waals surface area contributed by atoms with Crippen molar-refractivity contribution in [3.05, 3.63) is 57.0 Å². The van der Waals surface area contributed by atoms with Crippen LogP contribution in [-0.2, 0) is 0 Å². The SMILES string of the molecule is Cc1ccc(C(=O)Nc2cnc(Cl)c(Br)c2)c(F)c1. The van der Waals surface area contributed by atoms with Crippen LogP contribution < -0.4 is 5.32 Å². The van der Waals surface area contributed by atoms with Gasteiger partial charge in [-0.3, -0.25) is 4.79 Å². The number of hydrogen-bond acceptors (Lipinski definition) is 2. The summed E-state index contributed by atoms with van der Waals surface area (Å²) in [6.07, 6.45) is 1.40. The van der Waals surface area contributed by atoms with Gasteiger partial charge in [0.05, 0.1) is 21.9 Å². The van der Waals surface area contributed by atoms with E-state index in [1.54, 1.807) is 19.1 Å². The summed E-state index contributed by atoms with van der Waals surface area (Å²) in [5.41, 5.74) is 1.17. The highest BCUT2D eigenvalue weighted by molar-refractivity contribution is 9.10. The lowest BCUT2D eigenvalue weighted by atomic mass is 10.1. The smallest absolute Gasteiger partial charge is 0.258 e. The predicted molar refractivity (Wildman–Crippen MR) is 76.0 cm³/mol. The summed E-state index contributed by atoms with van der Waals surface area (Å²) < 4.78 is 14.2. The van der Waals surface area contributed by atoms with E-state index in [0.29, 0.717) is 15.3 Å². The molecule has 0 saturated heterocycles. The molecule has 98 valence electrons. The molecule has 1 N–H and O–H groups in total. The Hall–Kier alpha value is -1.46. The number of pyridine rings is 1. The number of benzene rings is 1. The average molecular weight is 344 g/mol. The van der Waals surface area contributed by atoms with Crippen LogP contribution in [0.25, 0.3) is 0 Å². The molecule has 3 nitrogen and oxygen atoms in total. The fourth-order valence-electron chi connectivity index (χ4n) is 1.49. The maximum Gasteiger partial charge on any atom is 0.258 e. The molecule has 0 aliphatic heterocycles. The minimum Gasteiger partial charge on any atom is -0.320 e.